The number of halogens is 1. The Morgan fingerprint density at radius 2 is 1.47 bits per heavy atom. The van der Waals surface area contributed by atoms with Crippen molar-refractivity contribution in [2.24, 2.45) is 5.10 Å². The maximum absolute atomic E-state index is 5.70. The summed E-state index contributed by atoms with van der Waals surface area (Å²) in [6.45, 7) is 1.59. The molecule has 0 unspecified atom stereocenters. The molecule has 0 heterocycles. The summed E-state index contributed by atoms with van der Waals surface area (Å²) in [4.78, 5) is 0. The summed E-state index contributed by atoms with van der Waals surface area (Å²) < 4.78 is 12.4. The van der Waals surface area contributed by atoms with E-state index < -0.39 is 0 Å². The van der Waals surface area contributed by atoms with Crippen molar-refractivity contribution in [3.63, 3.8) is 0 Å². The Hall–Kier alpha value is -2.90. The highest BCUT2D eigenvalue weighted by molar-refractivity contribution is 9.10. The zero-order chi connectivity index (χ0) is 21.0. The molecule has 7 heteroatoms. The summed E-state index contributed by atoms with van der Waals surface area (Å²) in [6.07, 6.45) is 1.71. The van der Waals surface area contributed by atoms with Crippen molar-refractivity contribution in [1.29, 1.82) is 0 Å². The van der Waals surface area contributed by atoms with Gasteiger partial charge in [-0.1, -0.05) is 46.3 Å². The molecule has 0 bridgehead atoms. The van der Waals surface area contributed by atoms with Crippen molar-refractivity contribution in [3.05, 3.63) is 94.5 Å². The lowest BCUT2D eigenvalue weighted by molar-refractivity contribution is 0.217. The van der Waals surface area contributed by atoms with E-state index in [2.05, 4.69) is 31.8 Å². The van der Waals surface area contributed by atoms with Gasteiger partial charge in [-0.3, -0.25) is 5.43 Å². The third-order valence-electron chi connectivity index (χ3n) is 3.99. The molecule has 0 amide bonds. The van der Waals surface area contributed by atoms with E-state index in [0.717, 1.165) is 27.1 Å². The Kier molecular flexibility index (Phi) is 8.68. The highest BCUT2D eigenvalue weighted by atomic mass is 79.9. The van der Waals surface area contributed by atoms with Crippen molar-refractivity contribution < 1.29 is 9.47 Å². The molecule has 3 rings (SSSR count). The highest BCUT2D eigenvalue weighted by Crippen LogP contribution is 2.16. The van der Waals surface area contributed by atoms with Crippen LogP contribution >= 0.6 is 28.1 Å². The van der Waals surface area contributed by atoms with Crippen LogP contribution in [0.15, 0.2) is 88.4 Å². The van der Waals surface area contributed by atoms with E-state index in [9.17, 15) is 0 Å². The van der Waals surface area contributed by atoms with Gasteiger partial charge in [0.05, 0.1) is 6.21 Å². The van der Waals surface area contributed by atoms with Crippen LogP contribution in [0.3, 0.4) is 0 Å². The Morgan fingerprint density at radius 1 is 0.867 bits per heavy atom. The minimum absolute atomic E-state index is 0.465. The molecule has 0 aliphatic carbocycles. The fraction of sp³-hybridized carbons (Fsp3) is 0.130. The number of thiocarbonyl (C=S) groups is 1. The van der Waals surface area contributed by atoms with Crippen molar-refractivity contribution in [2.45, 2.75) is 6.54 Å². The van der Waals surface area contributed by atoms with Crippen molar-refractivity contribution in [2.75, 3.05) is 13.2 Å². The molecular weight excluding hydrogens is 462 g/mol. The predicted molar refractivity (Wildman–Crippen MR) is 128 cm³/mol. The van der Waals surface area contributed by atoms with E-state index in [1.54, 1.807) is 6.21 Å². The van der Waals surface area contributed by atoms with Crippen molar-refractivity contribution in [1.82, 2.24) is 10.7 Å². The number of rotatable bonds is 9. The largest absolute Gasteiger partial charge is 0.490 e. The Bertz CT molecular complexity index is 948. The number of ether oxygens (including phenoxy) is 2. The van der Waals surface area contributed by atoms with Gasteiger partial charge in [0.2, 0.25) is 0 Å². The second-order valence-electron chi connectivity index (χ2n) is 6.26. The first-order chi connectivity index (χ1) is 14.7. The number of benzene rings is 3. The molecule has 154 valence electrons. The number of nitrogens with zero attached hydrogens (tertiary/aromatic N) is 1. The summed E-state index contributed by atoms with van der Waals surface area (Å²) in [7, 11) is 0. The molecule has 0 saturated heterocycles. The van der Waals surface area contributed by atoms with Gasteiger partial charge in [0.1, 0.15) is 24.7 Å². The van der Waals surface area contributed by atoms with Crippen molar-refractivity contribution >= 4 is 39.5 Å². The summed E-state index contributed by atoms with van der Waals surface area (Å²) >= 11 is 8.62. The predicted octanol–water partition coefficient (Wildman–Crippen LogP) is 4.91. The normalized spacial score (nSPS) is 10.6. The van der Waals surface area contributed by atoms with Crippen LogP contribution in [0.1, 0.15) is 11.1 Å². The zero-order valence-electron chi connectivity index (χ0n) is 16.3. The first-order valence-corrected chi connectivity index (χ1v) is 10.6. The van der Waals surface area contributed by atoms with Gasteiger partial charge >= 0.3 is 0 Å². The van der Waals surface area contributed by atoms with Gasteiger partial charge in [0.25, 0.3) is 0 Å². The van der Waals surface area contributed by atoms with Gasteiger partial charge in [0, 0.05) is 11.0 Å². The molecule has 0 aromatic heterocycles. The molecule has 2 N–H and O–H groups in total. The van der Waals surface area contributed by atoms with E-state index in [1.165, 1.54) is 0 Å². The van der Waals surface area contributed by atoms with Gasteiger partial charge in [-0.2, -0.15) is 5.10 Å². The fourth-order valence-corrected chi connectivity index (χ4v) is 2.87. The maximum Gasteiger partial charge on any atom is 0.187 e. The first kappa shape index (κ1) is 21.8. The van der Waals surface area contributed by atoms with E-state index >= 15 is 0 Å². The van der Waals surface area contributed by atoms with Gasteiger partial charge in [0.15, 0.2) is 5.11 Å². The summed E-state index contributed by atoms with van der Waals surface area (Å²) in [5.41, 5.74) is 4.91. The maximum atomic E-state index is 5.70. The van der Waals surface area contributed by atoms with Crippen molar-refractivity contribution in [3.8, 4) is 11.5 Å². The van der Waals surface area contributed by atoms with Crippen LogP contribution in [0, 0.1) is 0 Å². The lowest BCUT2D eigenvalue weighted by atomic mass is 10.2. The van der Waals surface area contributed by atoms with Crippen LogP contribution < -0.4 is 20.2 Å². The average Bonchev–Trinajstić information content (AvgIpc) is 2.78. The molecule has 0 saturated carbocycles. The lowest BCUT2D eigenvalue weighted by Crippen LogP contribution is -2.31. The van der Waals surface area contributed by atoms with Crippen LogP contribution in [-0.2, 0) is 6.54 Å². The smallest absolute Gasteiger partial charge is 0.187 e. The molecule has 3 aromatic carbocycles. The van der Waals surface area contributed by atoms with Crippen LogP contribution in [-0.4, -0.2) is 24.5 Å². The highest BCUT2D eigenvalue weighted by Gasteiger charge is 1.98. The monoisotopic (exact) mass is 483 g/mol. The lowest BCUT2D eigenvalue weighted by Gasteiger charge is -2.09. The van der Waals surface area contributed by atoms with Gasteiger partial charge < -0.3 is 14.8 Å². The van der Waals surface area contributed by atoms with E-state index in [-0.39, 0.29) is 0 Å². The Morgan fingerprint density at radius 3 is 2.10 bits per heavy atom. The van der Waals surface area contributed by atoms with E-state index in [0.29, 0.717) is 24.9 Å². The third-order valence-corrected chi connectivity index (χ3v) is 4.75. The summed E-state index contributed by atoms with van der Waals surface area (Å²) in [6, 6.07) is 25.4. The van der Waals surface area contributed by atoms with Crippen LogP contribution in [0.5, 0.6) is 11.5 Å². The molecule has 3 aromatic rings. The second kappa shape index (κ2) is 11.9. The molecule has 0 fully saturated rings. The SMILES string of the molecule is S=C(NCc1ccccc1)NN=Cc1ccc(OCCOc2ccc(Br)cc2)cc1. The van der Waals surface area contributed by atoms with Gasteiger partial charge in [-0.05, 0) is 71.9 Å². The molecule has 0 radical (unpaired) electrons. The van der Waals surface area contributed by atoms with Crippen LogP contribution in [0.4, 0.5) is 0 Å². The zero-order valence-corrected chi connectivity index (χ0v) is 18.7. The topological polar surface area (TPSA) is 54.9 Å². The van der Waals surface area contributed by atoms with E-state index in [1.807, 2.05) is 78.9 Å². The van der Waals surface area contributed by atoms with Gasteiger partial charge in [-0.15, -0.1) is 0 Å². The first-order valence-electron chi connectivity index (χ1n) is 9.41. The minimum atomic E-state index is 0.465. The molecule has 30 heavy (non-hydrogen) atoms. The number of nitrogens with one attached hydrogen (secondary N) is 2. The molecule has 0 aliphatic rings. The number of hydrazone groups is 1. The summed E-state index contributed by atoms with van der Waals surface area (Å²) in [5, 5.41) is 7.74. The number of hydrogen-bond donors (Lipinski definition) is 2. The second-order valence-corrected chi connectivity index (χ2v) is 7.58. The van der Waals surface area contributed by atoms with Crippen LogP contribution in [0.2, 0.25) is 0 Å². The standard InChI is InChI=1S/C23H22BrN3O2S/c24-20-8-12-22(13-9-20)29-15-14-28-21-10-6-19(7-11-21)17-26-27-23(30)25-16-18-4-2-1-3-5-18/h1-13,17H,14-16H2,(H2,25,27,30). The molecule has 0 aliphatic heterocycles. The molecule has 0 atom stereocenters. The Balaban J connectivity index is 1.34. The van der Waals surface area contributed by atoms with Crippen LogP contribution in [0.25, 0.3) is 0 Å². The average molecular weight is 484 g/mol. The quantitative estimate of drug-likeness (QED) is 0.196. The minimum Gasteiger partial charge on any atom is -0.490 e. The third kappa shape index (κ3) is 7.85. The fourth-order valence-electron chi connectivity index (χ4n) is 2.48. The van der Waals surface area contributed by atoms with E-state index in [4.69, 9.17) is 21.7 Å². The molecule has 5 nitrogen and oxygen atoms in total. The number of hydrogen-bond acceptors (Lipinski definition) is 4. The van der Waals surface area contributed by atoms with Gasteiger partial charge in [-0.25, -0.2) is 0 Å². The molecule has 0 spiro atoms. The summed E-state index contributed by atoms with van der Waals surface area (Å²) in [5.74, 6) is 1.59. The molecular formula is C23H22BrN3O2S. The Labute approximate surface area is 190 Å².